The van der Waals surface area contributed by atoms with Crippen molar-refractivity contribution < 1.29 is 4.79 Å². The first-order chi connectivity index (χ1) is 11.7. The van der Waals surface area contributed by atoms with E-state index >= 15 is 0 Å². The number of carbonyl (C=O) groups is 1. The fourth-order valence-electron chi connectivity index (χ4n) is 2.89. The zero-order valence-corrected chi connectivity index (χ0v) is 14.2. The number of thioether (sulfide) groups is 1. The number of aryl methyl sites for hydroxylation is 1. The second-order valence-corrected chi connectivity index (χ2v) is 6.81. The highest BCUT2D eigenvalue weighted by atomic mass is 32.2. The van der Waals surface area contributed by atoms with E-state index in [1.165, 1.54) is 22.9 Å². The van der Waals surface area contributed by atoms with Crippen molar-refractivity contribution in [3.05, 3.63) is 53.3 Å². The standard InChI is InChI=1S/C17H17N5OS/c1-12-18-19-15-6-7-16(20-22(12)15)24-11-17(23)21-9-8-13-4-2-3-5-14(13)10-21/h2-7H,8-11H2,1H3. The van der Waals surface area contributed by atoms with Crippen LogP contribution in [-0.4, -0.2) is 42.9 Å². The Morgan fingerprint density at radius 3 is 2.88 bits per heavy atom. The Balaban J connectivity index is 1.42. The van der Waals surface area contributed by atoms with Crippen LogP contribution < -0.4 is 0 Å². The maximum atomic E-state index is 12.5. The second-order valence-electron chi connectivity index (χ2n) is 5.81. The van der Waals surface area contributed by atoms with Gasteiger partial charge in [-0.2, -0.15) is 9.61 Å². The first kappa shape index (κ1) is 15.1. The van der Waals surface area contributed by atoms with E-state index in [0.717, 1.165) is 29.5 Å². The van der Waals surface area contributed by atoms with Gasteiger partial charge in [0.05, 0.1) is 5.75 Å². The predicted octanol–water partition coefficient (Wildman–Crippen LogP) is 2.11. The molecular formula is C17H17N5OS. The average molecular weight is 339 g/mol. The molecule has 0 fully saturated rings. The zero-order chi connectivity index (χ0) is 16.5. The lowest BCUT2D eigenvalue weighted by Crippen LogP contribution is -2.37. The number of amides is 1. The number of carbonyl (C=O) groups excluding carboxylic acids is 1. The normalized spacial score (nSPS) is 14.0. The molecule has 3 heterocycles. The largest absolute Gasteiger partial charge is 0.337 e. The number of aromatic nitrogens is 4. The highest BCUT2D eigenvalue weighted by molar-refractivity contribution is 7.99. The first-order valence-corrected chi connectivity index (χ1v) is 8.86. The van der Waals surface area contributed by atoms with E-state index < -0.39 is 0 Å². The van der Waals surface area contributed by atoms with Gasteiger partial charge in [-0.25, -0.2) is 0 Å². The highest BCUT2D eigenvalue weighted by Gasteiger charge is 2.20. The van der Waals surface area contributed by atoms with Crippen molar-refractivity contribution in [2.45, 2.75) is 24.9 Å². The van der Waals surface area contributed by atoms with Gasteiger partial charge in [0.15, 0.2) is 11.5 Å². The van der Waals surface area contributed by atoms with Gasteiger partial charge in [-0.15, -0.1) is 10.2 Å². The number of rotatable bonds is 3. The SMILES string of the molecule is Cc1nnc2ccc(SCC(=O)N3CCc4ccccc4C3)nn12. The lowest BCUT2D eigenvalue weighted by molar-refractivity contribution is -0.129. The molecule has 0 N–H and O–H groups in total. The molecule has 0 aliphatic carbocycles. The molecule has 122 valence electrons. The molecule has 6 nitrogen and oxygen atoms in total. The summed E-state index contributed by atoms with van der Waals surface area (Å²) in [6, 6.07) is 12.1. The molecular weight excluding hydrogens is 322 g/mol. The lowest BCUT2D eigenvalue weighted by atomic mass is 10.00. The minimum Gasteiger partial charge on any atom is -0.337 e. The van der Waals surface area contributed by atoms with Crippen LogP contribution in [-0.2, 0) is 17.8 Å². The highest BCUT2D eigenvalue weighted by Crippen LogP contribution is 2.21. The summed E-state index contributed by atoms with van der Waals surface area (Å²) in [5, 5.41) is 13.3. The van der Waals surface area contributed by atoms with Gasteiger partial charge in [0.1, 0.15) is 5.03 Å². The second kappa shape index (κ2) is 6.24. The van der Waals surface area contributed by atoms with Crippen LogP contribution >= 0.6 is 11.8 Å². The number of benzene rings is 1. The molecule has 1 aliphatic rings. The van der Waals surface area contributed by atoms with Crippen molar-refractivity contribution in [3.63, 3.8) is 0 Å². The van der Waals surface area contributed by atoms with Crippen LogP contribution in [0.3, 0.4) is 0 Å². The Morgan fingerprint density at radius 2 is 2.00 bits per heavy atom. The molecule has 2 aromatic heterocycles. The fraction of sp³-hybridized carbons (Fsp3) is 0.294. The van der Waals surface area contributed by atoms with Crippen LogP contribution in [0.25, 0.3) is 5.65 Å². The molecule has 7 heteroatoms. The summed E-state index contributed by atoms with van der Waals surface area (Å²) in [4.78, 5) is 14.4. The van der Waals surface area contributed by atoms with Crippen molar-refractivity contribution in [2.75, 3.05) is 12.3 Å². The summed E-state index contributed by atoms with van der Waals surface area (Å²) in [6.45, 7) is 3.35. The number of hydrogen-bond donors (Lipinski definition) is 0. The Hall–Kier alpha value is -2.41. The van der Waals surface area contributed by atoms with Crippen molar-refractivity contribution in [1.29, 1.82) is 0 Å². The van der Waals surface area contributed by atoms with E-state index in [9.17, 15) is 4.79 Å². The van der Waals surface area contributed by atoms with Crippen LogP contribution in [0.5, 0.6) is 0 Å². The number of hydrogen-bond acceptors (Lipinski definition) is 5. The van der Waals surface area contributed by atoms with Crippen molar-refractivity contribution in [3.8, 4) is 0 Å². The van der Waals surface area contributed by atoms with Crippen LogP contribution in [0.2, 0.25) is 0 Å². The summed E-state index contributed by atoms with van der Waals surface area (Å²) < 4.78 is 1.70. The number of nitrogens with zero attached hydrogens (tertiary/aromatic N) is 5. The Labute approximate surface area is 143 Å². The Kier molecular flexibility index (Phi) is 3.93. The maximum absolute atomic E-state index is 12.5. The van der Waals surface area contributed by atoms with E-state index in [1.54, 1.807) is 4.52 Å². The van der Waals surface area contributed by atoms with Gasteiger partial charge in [-0.3, -0.25) is 4.79 Å². The van der Waals surface area contributed by atoms with E-state index in [4.69, 9.17) is 0 Å². The van der Waals surface area contributed by atoms with E-state index in [-0.39, 0.29) is 5.91 Å². The third-order valence-electron chi connectivity index (χ3n) is 4.22. The molecule has 0 unspecified atom stereocenters. The van der Waals surface area contributed by atoms with Crippen LogP contribution in [0, 0.1) is 6.92 Å². The number of fused-ring (bicyclic) bond motifs is 2. The van der Waals surface area contributed by atoms with Crippen LogP contribution in [0.4, 0.5) is 0 Å². The minimum absolute atomic E-state index is 0.150. The third-order valence-corrected chi connectivity index (χ3v) is 5.13. The molecule has 3 aromatic rings. The minimum atomic E-state index is 0.150. The Morgan fingerprint density at radius 1 is 1.17 bits per heavy atom. The van der Waals surface area contributed by atoms with Gasteiger partial charge in [0.2, 0.25) is 5.91 Å². The van der Waals surface area contributed by atoms with Crippen LogP contribution in [0.1, 0.15) is 17.0 Å². The quantitative estimate of drug-likeness (QED) is 0.684. The van der Waals surface area contributed by atoms with E-state index in [2.05, 4.69) is 33.5 Å². The maximum Gasteiger partial charge on any atom is 0.233 e. The molecule has 0 radical (unpaired) electrons. The van der Waals surface area contributed by atoms with Crippen molar-refractivity contribution in [2.24, 2.45) is 0 Å². The van der Waals surface area contributed by atoms with Gasteiger partial charge in [-0.05, 0) is 36.6 Å². The first-order valence-electron chi connectivity index (χ1n) is 7.87. The van der Waals surface area contributed by atoms with E-state index in [0.29, 0.717) is 12.3 Å². The van der Waals surface area contributed by atoms with Crippen molar-refractivity contribution in [1.82, 2.24) is 24.7 Å². The molecule has 0 saturated carbocycles. The summed E-state index contributed by atoms with van der Waals surface area (Å²) in [5.41, 5.74) is 3.32. The Bertz CT molecular complexity index is 907. The molecule has 0 spiro atoms. The lowest BCUT2D eigenvalue weighted by Gasteiger charge is -2.28. The molecule has 1 aromatic carbocycles. The molecule has 0 bridgehead atoms. The third kappa shape index (κ3) is 2.87. The molecule has 0 saturated heterocycles. The van der Waals surface area contributed by atoms with Gasteiger partial charge in [-0.1, -0.05) is 36.0 Å². The van der Waals surface area contributed by atoms with Crippen molar-refractivity contribution >= 4 is 23.3 Å². The predicted molar refractivity (Wildman–Crippen MR) is 91.8 cm³/mol. The molecule has 24 heavy (non-hydrogen) atoms. The fourth-order valence-corrected chi connectivity index (χ4v) is 3.65. The summed E-state index contributed by atoms with van der Waals surface area (Å²) in [5.74, 6) is 1.28. The average Bonchev–Trinajstić information content (AvgIpc) is 3.00. The molecule has 1 amide bonds. The van der Waals surface area contributed by atoms with Crippen LogP contribution in [0.15, 0.2) is 41.4 Å². The molecule has 0 atom stereocenters. The topological polar surface area (TPSA) is 63.4 Å². The summed E-state index contributed by atoms with van der Waals surface area (Å²) >= 11 is 1.45. The smallest absolute Gasteiger partial charge is 0.233 e. The van der Waals surface area contributed by atoms with Gasteiger partial charge in [0, 0.05) is 13.1 Å². The van der Waals surface area contributed by atoms with E-state index in [1.807, 2.05) is 30.0 Å². The summed E-state index contributed by atoms with van der Waals surface area (Å²) in [6.07, 6.45) is 0.927. The van der Waals surface area contributed by atoms with Gasteiger partial charge < -0.3 is 4.90 Å². The monoisotopic (exact) mass is 339 g/mol. The molecule has 4 rings (SSSR count). The molecule has 1 aliphatic heterocycles. The van der Waals surface area contributed by atoms with Gasteiger partial charge in [0.25, 0.3) is 0 Å². The van der Waals surface area contributed by atoms with Gasteiger partial charge >= 0.3 is 0 Å². The zero-order valence-electron chi connectivity index (χ0n) is 13.3. The summed E-state index contributed by atoms with van der Waals surface area (Å²) in [7, 11) is 0.